The fourth-order valence-corrected chi connectivity index (χ4v) is 2.49. The van der Waals surface area contributed by atoms with E-state index in [0.29, 0.717) is 12.1 Å². The zero-order valence-corrected chi connectivity index (χ0v) is 13.2. The van der Waals surface area contributed by atoms with Crippen molar-refractivity contribution in [2.45, 2.75) is 13.0 Å². The molecule has 0 fully saturated rings. The number of nitrogens with zero attached hydrogens (tertiary/aromatic N) is 4. The molecule has 3 rings (SSSR count). The van der Waals surface area contributed by atoms with Crippen LogP contribution in [0.15, 0.2) is 31.1 Å². The smallest absolute Gasteiger partial charge is 0.255 e. The van der Waals surface area contributed by atoms with E-state index >= 15 is 0 Å². The summed E-state index contributed by atoms with van der Waals surface area (Å²) in [7, 11) is 0. The first-order chi connectivity index (χ1) is 11.4. The monoisotopic (exact) mass is 353 g/mol. The Hall–Kier alpha value is -2.61. The third-order valence-corrected chi connectivity index (χ3v) is 3.63. The van der Waals surface area contributed by atoms with Crippen LogP contribution < -0.4 is 5.32 Å². The van der Waals surface area contributed by atoms with Crippen molar-refractivity contribution < 1.29 is 13.2 Å². The number of aromatic nitrogens is 4. The van der Waals surface area contributed by atoms with Crippen LogP contribution in [-0.2, 0) is 0 Å². The lowest BCUT2D eigenvalue weighted by Gasteiger charge is -2.18. The van der Waals surface area contributed by atoms with E-state index in [1.807, 2.05) is 0 Å². The van der Waals surface area contributed by atoms with E-state index in [1.165, 1.54) is 10.8 Å². The second-order valence-electron chi connectivity index (χ2n) is 5.01. The van der Waals surface area contributed by atoms with Crippen LogP contribution in [0, 0.1) is 17.5 Å². The summed E-state index contributed by atoms with van der Waals surface area (Å²) in [6.07, 6.45) is 2.81. The molecule has 124 valence electrons. The fraction of sp³-hybridized carbons (Fsp3) is 0.133. The second kappa shape index (κ2) is 6.12. The lowest BCUT2D eigenvalue weighted by atomic mass is 10.1. The molecule has 24 heavy (non-hydrogen) atoms. The van der Waals surface area contributed by atoms with E-state index in [0.717, 1.165) is 0 Å². The van der Waals surface area contributed by atoms with E-state index in [-0.39, 0.29) is 28.4 Å². The van der Waals surface area contributed by atoms with Gasteiger partial charge in [-0.15, -0.1) is 6.58 Å². The van der Waals surface area contributed by atoms with Gasteiger partial charge in [-0.1, -0.05) is 17.7 Å². The van der Waals surface area contributed by atoms with Gasteiger partial charge in [0.2, 0.25) is 0 Å². The highest BCUT2D eigenvalue weighted by Gasteiger charge is 2.24. The van der Waals surface area contributed by atoms with Crippen LogP contribution in [0.2, 0.25) is 5.15 Å². The van der Waals surface area contributed by atoms with E-state index < -0.39 is 23.0 Å². The van der Waals surface area contributed by atoms with Crippen molar-refractivity contribution in [2.75, 3.05) is 5.32 Å². The van der Waals surface area contributed by atoms with Gasteiger partial charge in [0, 0.05) is 18.2 Å². The van der Waals surface area contributed by atoms with Crippen molar-refractivity contribution >= 4 is 23.2 Å². The number of halogens is 4. The second-order valence-corrected chi connectivity index (χ2v) is 5.37. The Labute approximate surface area is 139 Å². The lowest BCUT2D eigenvalue weighted by molar-refractivity contribution is 0.548. The molecule has 0 aliphatic rings. The number of hydrogen-bond donors (Lipinski definition) is 1. The van der Waals surface area contributed by atoms with Crippen molar-refractivity contribution in [3.05, 3.63) is 53.7 Å². The Morgan fingerprint density at radius 1 is 1.25 bits per heavy atom. The normalized spacial score (nSPS) is 12.4. The third kappa shape index (κ3) is 2.69. The van der Waals surface area contributed by atoms with Crippen LogP contribution in [0.1, 0.15) is 6.92 Å². The summed E-state index contributed by atoms with van der Waals surface area (Å²) in [4.78, 5) is 7.88. The van der Waals surface area contributed by atoms with Gasteiger partial charge < -0.3 is 5.32 Å². The molecule has 0 aliphatic heterocycles. The summed E-state index contributed by atoms with van der Waals surface area (Å²) in [6, 6.07) is 0.864. The molecule has 0 spiro atoms. The Balaban J connectivity index is 2.37. The number of fused-ring (bicyclic) bond motifs is 1. The predicted octanol–water partition coefficient (Wildman–Crippen LogP) is 3.85. The summed E-state index contributed by atoms with van der Waals surface area (Å²) in [5, 5.41) is 6.77. The van der Waals surface area contributed by atoms with Crippen LogP contribution in [0.5, 0.6) is 0 Å². The van der Waals surface area contributed by atoms with E-state index in [2.05, 4.69) is 27.0 Å². The van der Waals surface area contributed by atoms with Gasteiger partial charge in [-0.05, 0) is 6.92 Å². The molecule has 0 radical (unpaired) electrons. The molecule has 0 amide bonds. The molecule has 9 heteroatoms. The largest absolute Gasteiger partial charge is 0.363 e. The zero-order chi connectivity index (χ0) is 17.4. The summed E-state index contributed by atoms with van der Waals surface area (Å²) >= 11 is 6.13. The van der Waals surface area contributed by atoms with Gasteiger partial charge in [0.1, 0.15) is 34.7 Å². The first-order valence-electron chi connectivity index (χ1n) is 6.85. The molecule has 1 aromatic carbocycles. The summed E-state index contributed by atoms with van der Waals surface area (Å²) in [6.45, 7) is 5.41. The van der Waals surface area contributed by atoms with Gasteiger partial charge in [-0.25, -0.2) is 13.2 Å². The first-order valence-corrected chi connectivity index (χ1v) is 7.23. The molecule has 1 unspecified atom stereocenters. The molecule has 1 N–H and O–H groups in total. The highest BCUT2D eigenvalue weighted by Crippen LogP contribution is 2.37. The van der Waals surface area contributed by atoms with Gasteiger partial charge in [-0.2, -0.15) is 19.6 Å². The average molecular weight is 354 g/mol. The van der Waals surface area contributed by atoms with Crippen molar-refractivity contribution in [1.82, 2.24) is 19.6 Å². The summed E-state index contributed by atoms with van der Waals surface area (Å²) in [5.74, 6) is -2.94. The molecule has 2 aromatic heterocycles. The number of nitrogens with one attached hydrogen (secondary N) is 1. The Morgan fingerprint density at radius 2 is 1.92 bits per heavy atom. The SMILES string of the molecule is C=CC(C)Nc1c(-c2c(F)cc(F)cc2F)c(Cl)nc2ncnn12. The summed E-state index contributed by atoms with van der Waals surface area (Å²) in [5.41, 5.74) is -0.594. The Morgan fingerprint density at radius 3 is 2.54 bits per heavy atom. The molecule has 2 heterocycles. The standard InChI is InChI=1S/C15H11ClF3N5/c1-3-7(2)22-14-12(11-9(18)4-8(17)5-10(11)19)13(16)23-15-20-6-21-24(14)15/h3-7,22H,1H2,2H3. The maximum Gasteiger partial charge on any atom is 0.255 e. The first kappa shape index (κ1) is 16.3. The van der Waals surface area contributed by atoms with Gasteiger partial charge in [0.15, 0.2) is 0 Å². The molecule has 5 nitrogen and oxygen atoms in total. The van der Waals surface area contributed by atoms with Crippen molar-refractivity contribution in [1.29, 1.82) is 0 Å². The zero-order valence-electron chi connectivity index (χ0n) is 12.4. The maximum atomic E-state index is 14.2. The average Bonchev–Trinajstić information content (AvgIpc) is 2.96. The predicted molar refractivity (Wildman–Crippen MR) is 84.4 cm³/mol. The number of rotatable bonds is 4. The molecular weight excluding hydrogens is 343 g/mol. The molecule has 0 aliphatic carbocycles. The lowest BCUT2D eigenvalue weighted by Crippen LogP contribution is -2.17. The molecule has 0 saturated carbocycles. The number of benzene rings is 1. The molecule has 3 aromatic rings. The minimum Gasteiger partial charge on any atom is -0.363 e. The molecule has 0 saturated heterocycles. The minimum absolute atomic E-state index is 0.0848. The van der Waals surface area contributed by atoms with Crippen molar-refractivity contribution in [2.24, 2.45) is 0 Å². The minimum atomic E-state index is -1.11. The van der Waals surface area contributed by atoms with Gasteiger partial charge in [0.05, 0.1) is 11.1 Å². The van der Waals surface area contributed by atoms with E-state index in [4.69, 9.17) is 11.6 Å². The quantitative estimate of drug-likeness (QED) is 0.572. The van der Waals surface area contributed by atoms with Crippen LogP contribution in [0.3, 0.4) is 0 Å². The molecule has 0 bridgehead atoms. The Bertz CT molecular complexity index is 917. The van der Waals surface area contributed by atoms with Crippen molar-refractivity contribution in [3.8, 4) is 11.1 Å². The van der Waals surface area contributed by atoms with Crippen LogP contribution in [0.4, 0.5) is 19.0 Å². The highest BCUT2D eigenvalue weighted by molar-refractivity contribution is 6.33. The number of hydrogen-bond acceptors (Lipinski definition) is 4. The van der Waals surface area contributed by atoms with Crippen molar-refractivity contribution in [3.63, 3.8) is 0 Å². The van der Waals surface area contributed by atoms with Crippen LogP contribution in [0.25, 0.3) is 16.9 Å². The fourth-order valence-electron chi connectivity index (χ4n) is 2.23. The molecular formula is C15H11ClF3N5. The van der Waals surface area contributed by atoms with Gasteiger partial charge in [0.25, 0.3) is 5.78 Å². The highest BCUT2D eigenvalue weighted by atomic mass is 35.5. The van der Waals surface area contributed by atoms with Gasteiger partial charge in [-0.3, -0.25) is 0 Å². The Kier molecular flexibility index (Phi) is 4.15. The topological polar surface area (TPSA) is 55.1 Å². The van der Waals surface area contributed by atoms with Gasteiger partial charge >= 0.3 is 0 Å². The molecule has 1 atom stereocenters. The van der Waals surface area contributed by atoms with Crippen LogP contribution >= 0.6 is 11.6 Å². The van der Waals surface area contributed by atoms with E-state index in [9.17, 15) is 13.2 Å². The van der Waals surface area contributed by atoms with Crippen LogP contribution in [-0.4, -0.2) is 25.6 Å². The van der Waals surface area contributed by atoms with E-state index in [1.54, 1.807) is 13.0 Å². The number of anilines is 1. The third-order valence-electron chi connectivity index (χ3n) is 3.36. The maximum absolute atomic E-state index is 14.2. The summed E-state index contributed by atoms with van der Waals surface area (Å²) < 4.78 is 42.9.